The second-order valence-corrected chi connectivity index (χ2v) is 5.33. The summed E-state index contributed by atoms with van der Waals surface area (Å²) in [5, 5.41) is 0.573. The Balaban J connectivity index is 1.77. The van der Waals surface area contributed by atoms with Crippen molar-refractivity contribution >= 4 is 17.4 Å². The first-order valence-electron chi connectivity index (χ1n) is 6.60. The minimum absolute atomic E-state index is 0.205. The van der Waals surface area contributed by atoms with Crippen LogP contribution in [-0.4, -0.2) is 15.3 Å². The maximum atomic E-state index is 11.9. The van der Waals surface area contributed by atoms with Gasteiger partial charge in [0.05, 0.1) is 6.20 Å². The molecule has 0 unspecified atom stereocenters. The van der Waals surface area contributed by atoms with Crippen LogP contribution in [0.5, 0.6) is 5.75 Å². The monoisotopic (exact) mass is 290 g/mol. The molecular weight excluding hydrogens is 276 g/mol. The van der Waals surface area contributed by atoms with E-state index in [9.17, 15) is 4.79 Å². The minimum Gasteiger partial charge on any atom is -0.486 e. The first kappa shape index (κ1) is 13.2. The number of imidazole rings is 1. The maximum Gasteiger partial charge on any atom is 0.163 e. The van der Waals surface area contributed by atoms with Gasteiger partial charge in [0.25, 0.3) is 0 Å². The van der Waals surface area contributed by atoms with E-state index in [-0.39, 0.29) is 5.78 Å². The van der Waals surface area contributed by atoms with E-state index in [4.69, 9.17) is 16.3 Å². The van der Waals surface area contributed by atoms with Crippen LogP contribution in [-0.2, 0) is 20.1 Å². The Bertz CT molecular complexity index is 664. The summed E-state index contributed by atoms with van der Waals surface area (Å²) < 4.78 is 7.48. The number of hydrogen-bond donors (Lipinski definition) is 0. The summed E-state index contributed by atoms with van der Waals surface area (Å²) in [6, 6.07) is 5.72. The fourth-order valence-corrected chi connectivity index (χ4v) is 2.55. The molecule has 2 aromatic rings. The topological polar surface area (TPSA) is 44.1 Å². The number of carbonyl (C=O) groups excluding carboxylic acids is 1. The number of Topliss-reactive ketones (excluding diaryl/α,β-unsaturated/α-hetero) is 1. The van der Waals surface area contributed by atoms with Gasteiger partial charge in [-0.15, -0.1) is 0 Å². The third-order valence-corrected chi connectivity index (χ3v) is 3.98. The van der Waals surface area contributed by atoms with Gasteiger partial charge >= 0.3 is 0 Å². The van der Waals surface area contributed by atoms with Crippen molar-refractivity contribution in [1.29, 1.82) is 0 Å². The summed E-state index contributed by atoms with van der Waals surface area (Å²) in [6.07, 6.45) is 4.14. The number of rotatable bonds is 3. The number of ketones is 1. The predicted molar refractivity (Wildman–Crippen MR) is 76.3 cm³/mol. The van der Waals surface area contributed by atoms with Gasteiger partial charge in [-0.05, 0) is 30.5 Å². The number of halogens is 1. The summed E-state index contributed by atoms with van der Waals surface area (Å²) >= 11 is 5.93. The lowest BCUT2D eigenvalue weighted by molar-refractivity contribution is 0.0972. The van der Waals surface area contributed by atoms with Crippen LogP contribution < -0.4 is 4.74 Å². The summed E-state index contributed by atoms with van der Waals surface area (Å²) in [5.74, 6) is 1.65. The van der Waals surface area contributed by atoms with Gasteiger partial charge in [0, 0.05) is 19.0 Å². The van der Waals surface area contributed by atoms with Crippen molar-refractivity contribution in [3.05, 3.63) is 46.5 Å². The molecule has 0 N–H and O–H groups in total. The molecule has 1 aromatic carbocycles. The summed E-state index contributed by atoms with van der Waals surface area (Å²) in [6.45, 7) is 0.330. The van der Waals surface area contributed by atoms with Crippen molar-refractivity contribution in [2.45, 2.75) is 25.9 Å². The second-order valence-electron chi connectivity index (χ2n) is 4.94. The number of nitrogens with zero attached hydrogens (tertiary/aromatic N) is 2. The van der Waals surface area contributed by atoms with Crippen molar-refractivity contribution in [3.63, 3.8) is 0 Å². The van der Waals surface area contributed by atoms with E-state index in [1.54, 1.807) is 10.8 Å². The molecule has 104 valence electrons. The molecule has 1 aliphatic carbocycles. The normalized spacial score (nSPS) is 14.2. The predicted octanol–water partition coefficient (Wildman–Crippen LogP) is 3.17. The first-order chi connectivity index (χ1) is 9.65. The molecule has 1 heterocycles. The molecule has 0 amide bonds. The lowest BCUT2D eigenvalue weighted by atomic mass is 9.90. The Morgan fingerprint density at radius 1 is 1.40 bits per heavy atom. The molecule has 1 aliphatic rings. The Kier molecular flexibility index (Phi) is 3.49. The molecule has 3 rings (SSSR count). The number of aryl methyl sites for hydroxylation is 1. The quantitative estimate of drug-likeness (QED) is 0.872. The number of aromatic nitrogens is 2. The van der Waals surface area contributed by atoms with Crippen LogP contribution >= 0.6 is 11.6 Å². The number of carbonyl (C=O) groups is 1. The lowest BCUT2D eigenvalue weighted by Gasteiger charge is -2.15. The van der Waals surface area contributed by atoms with Gasteiger partial charge in [-0.2, -0.15) is 0 Å². The summed E-state index contributed by atoms with van der Waals surface area (Å²) in [4.78, 5) is 16.1. The highest BCUT2D eigenvalue weighted by Crippen LogP contribution is 2.26. The highest BCUT2D eigenvalue weighted by atomic mass is 35.5. The Labute approximate surface area is 122 Å². The highest BCUT2D eigenvalue weighted by molar-refractivity contribution is 6.29. The SMILES string of the molecule is Cn1c(Cl)cnc1COc1ccc2c(c1)C(=O)CCC2. The van der Waals surface area contributed by atoms with Crippen LogP contribution in [0.2, 0.25) is 5.15 Å². The van der Waals surface area contributed by atoms with Crippen molar-refractivity contribution < 1.29 is 9.53 Å². The van der Waals surface area contributed by atoms with Gasteiger partial charge in [-0.3, -0.25) is 4.79 Å². The van der Waals surface area contributed by atoms with Gasteiger partial charge in [0.15, 0.2) is 5.78 Å². The van der Waals surface area contributed by atoms with Crippen LogP contribution in [0.3, 0.4) is 0 Å². The molecular formula is C15H15ClN2O2. The van der Waals surface area contributed by atoms with E-state index in [0.717, 1.165) is 29.8 Å². The molecule has 0 atom stereocenters. The molecule has 5 heteroatoms. The van der Waals surface area contributed by atoms with Crippen molar-refractivity contribution in [2.75, 3.05) is 0 Å². The van der Waals surface area contributed by atoms with Gasteiger partial charge in [-0.1, -0.05) is 17.7 Å². The average molecular weight is 291 g/mol. The maximum absolute atomic E-state index is 11.9. The first-order valence-corrected chi connectivity index (χ1v) is 6.98. The Morgan fingerprint density at radius 3 is 3.00 bits per heavy atom. The van der Waals surface area contributed by atoms with E-state index in [0.29, 0.717) is 23.9 Å². The Hall–Kier alpha value is -1.81. The van der Waals surface area contributed by atoms with Crippen LogP contribution in [0, 0.1) is 0 Å². The standard InChI is InChI=1S/C15H15ClN2O2/c1-18-14(16)8-17-15(18)9-20-11-6-5-10-3-2-4-13(19)12(10)7-11/h5-8H,2-4,9H2,1H3. The lowest BCUT2D eigenvalue weighted by Crippen LogP contribution is -2.11. The molecule has 4 nitrogen and oxygen atoms in total. The van der Waals surface area contributed by atoms with E-state index in [1.807, 2.05) is 25.2 Å². The molecule has 0 bridgehead atoms. The zero-order chi connectivity index (χ0) is 14.1. The molecule has 0 radical (unpaired) electrons. The summed E-state index contributed by atoms with van der Waals surface area (Å²) in [7, 11) is 1.84. The van der Waals surface area contributed by atoms with Gasteiger partial charge in [-0.25, -0.2) is 4.98 Å². The number of ether oxygens (including phenoxy) is 1. The van der Waals surface area contributed by atoms with Crippen LogP contribution in [0.25, 0.3) is 0 Å². The minimum atomic E-state index is 0.205. The largest absolute Gasteiger partial charge is 0.486 e. The molecule has 0 fully saturated rings. The van der Waals surface area contributed by atoms with Crippen molar-refractivity contribution in [2.24, 2.45) is 7.05 Å². The number of hydrogen-bond acceptors (Lipinski definition) is 3. The Morgan fingerprint density at radius 2 is 2.25 bits per heavy atom. The number of benzene rings is 1. The molecule has 0 saturated carbocycles. The van der Waals surface area contributed by atoms with Crippen LogP contribution in [0.1, 0.15) is 34.6 Å². The van der Waals surface area contributed by atoms with Crippen molar-refractivity contribution in [1.82, 2.24) is 9.55 Å². The summed E-state index contributed by atoms with van der Waals surface area (Å²) in [5.41, 5.74) is 1.92. The third kappa shape index (κ3) is 2.43. The molecule has 0 saturated heterocycles. The molecule has 0 spiro atoms. The highest BCUT2D eigenvalue weighted by Gasteiger charge is 2.17. The fraction of sp³-hybridized carbons (Fsp3) is 0.333. The van der Waals surface area contributed by atoms with E-state index < -0.39 is 0 Å². The van der Waals surface area contributed by atoms with Gasteiger partial charge in [0.2, 0.25) is 0 Å². The number of fused-ring (bicyclic) bond motifs is 1. The molecule has 0 aliphatic heterocycles. The van der Waals surface area contributed by atoms with Crippen LogP contribution in [0.15, 0.2) is 24.4 Å². The third-order valence-electron chi connectivity index (χ3n) is 3.63. The zero-order valence-corrected chi connectivity index (χ0v) is 12.0. The van der Waals surface area contributed by atoms with E-state index in [1.165, 1.54) is 0 Å². The van der Waals surface area contributed by atoms with E-state index in [2.05, 4.69) is 4.98 Å². The van der Waals surface area contributed by atoms with Crippen molar-refractivity contribution in [3.8, 4) is 5.75 Å². The second kappa shape index (κ2) is 5.29. The van der Waals surface area contributed by atoms with Gasteiger partial charge in [0.1, 0.15) is 23.3 Å². The smallest absolute Gasteiger partial charge is 0.163 e. The molecule has 1 aromatic heterocycles. The average Bonchev–Trinajstić information content (AvgIpc) is 2.77. The van der Waals surface area contributed by atoms with Crippen LogP contribution in [0.4, 0.5) is 0 Å². The van der Waals surface area contributed by atoms with Gasteiger partial charge < -0.3 is 9.30 Å². The fourth-order valence-electron chi connectivity index (χ4n) is 2.40. The van der Waals surface area contributed by atoms with E-state index >= 15 is 0 Å². The zero-order valence-electron chi connectivity index (χ0n) is 11.2. The molecule has 20 heavy (non-hydrogen) atoms.